The third-order valence-corrected chi connectivity index (χ3v) is 4.66. The maximum atomic E-state index is 12.5. The van der Waals surface area contributed by atoms with Crippen LogP contribution in [0.25, 0.3) is 17.0 Å². The van der Waals surface area contributed by atoms with Crippen molar-refractivity contribution in [2.24, 2.45) is 0 Å². The number of hydrogen-bond acceptors (Lipinski definition) is 3. The highest BCUT2D eigenvalue weighted by Gasteiger charge is 2.19. The molecule has 4 nitrogen and oxygen atoms in total. The van der Waals surface area contributed by atoms with Crippen LogP contribution in [-0.4, -0.2) is 18.4 Å². The zero-order valence-corrected chi connectivity index (χ0v) is 15.7. The first kappa shape index (κ1) is 18.7. The lowest BCUT2D eigenvalue weighted by atomic mass is 9.56. The van der Waals surface area contributed by atoms with Crippen LogP contribution in [0.2, 0.25) is 0 Å². The summed E-state index contributed by atoms with van der Waals surface area (Å²) >= 11 is 0. The summed E-state index contributed by atoms with van der Waals surface area (Å²) in [5.74, 6) is -0.441. The molecule has 3 rings (SSSR count). The highest BCUT2D eigenvalue weighted by Crippen LogP contribution is 2.26. The molecule has 1 heterocycles. The molecule has 136 valence electrons. The molecule has 0 bridgehead atoms. The summed E-state index contributed by atoms with van der Waals surface area (Å²) in [5.41, 5.74) is 3.45. The van der Waals surface area contributed by atoms with Crippen LogP contribution in [-0.2, 0) is 0 Å². The van der Waals surface area contributed by atoms with E-state index < -0.39 is 5.97 Å². The lowest BCUT2D eigenvalue weighted by Gasteiger charge is -2.15. The number of allylic oxidation sites excluding steroid dienone is 1. The minimum atomic E-state index is -0.936. The van der Waals surface area contributed by atoms with Crippen molar-refractivity contribution in [2.75, 3.05) is 0 Å². The minimum absolute atomic E-state index is 0.0168. The maximum Gasteiger partial charge on any atom is 0.335 e. The van der Waals surface area contributed by atoms with Crippen LogP contribution >= 0.6 is 0 Å². The Hall–Kier alpha value is -3.08. The van der Waals surface area contributed by atoms with E-state index in [2.05, 4.69) is 0 Å². The molecule has 1 atom stereocenters. The first-order chi connectivity index (χ1) is 12.9. The molecule has 0 radical (unpaired) electrons. The number of rotatable bonds is 5. The van der Waals surface area contributed by atoms with Gasteiger partial charge in [0.2, 0.25) is 0 Å². The van der Waals surface area contributed by atoms with E-state index in [0.717, 1.165) is 16.6 Å². The van der Waals surface area contributed by atoms with Crippen molar-refractivity contribution in [2.45, 2.75) is 26.6 Å². The van der Waals surface area contributed by atoms with Gasteiger partial charge in [-0.25, -0.2) is 4.79 Å². The summed E-state index contributed by atoms with van der Waals surface area (Å²) in [6.45, 7) is 5.83. The Morgan fingerprint density at radius 1 is 1.22 bits per heavy atom. The number of carboxylic acids is 1. The van der Waals surface area contributed by atoms with E-state index in [4.69, 9.17) is 4.42 Å². The molecule has 1 aromatic heterocycles. The molecule has 0 aliphatic heterocycles. The molecular weight excluding hydrogens is 339 g/mol. The average Bonchev–Trinajstić information content (AvgIpc) is 2.62. The molecule has 1 N–H and O–H groups in total. The third kappa shape index (κ3) is 3.87. The van der Waals surface area contributed by atoms with Crippen LogP contribution in [0.15, 0.2) is 57.8 Å². The van der Waals surface area contributed by atoms with Crippen molar-refractivity contribution >= 4 is 35.8 Å². The Kier molecular flexibility index (Phi) is 5.31. The van der Waals surface area contributed by atoms with E-state index in [9.17, 15) is 14.7 Å². The smallest absolute Gasteiger partial charge is 0.335 e. The number of aryl methyl sites for hydroxylation is 1. The molecule has 0 saturated carbocycles. The average molecular weight is 360 g/mol. The van der Waals surface area contributed by atoms with Gasteiger partial charge in [0.25, 0.3) is 0 Å². The van der Waals surface area contributed by atoms with Gasteiger partial charge in [0.05, 0.1) is 10.9 Å². The van der Waals surface area contributed by atoms with Crippen LogP contribution in [0.5, 0.6) is 0 Å². The Balaban J connectivity index is 2.13. The van der Waals surface area contributed by atoms with E-state index in [-0.39, 0.29) is 11.2 Å². The number of aromatic carboxylic acids is 1. The van der Waals surface area contributed by atoms with Crippen molar-refractivity contribution in [1.82, 2.24) is 0 Å². The van der Waals surface area contributed by atoms with E-state index in [0.29, 0.717) is 29.6 Å². The van der Waals surface area contributed by atoms with Crippen LogP contribution < -0.4 is 10.9 Å². The van der Waals surface area contributed by atoms with Crippen molar-refractivity contribution in [3.8, 4) is 0 Å². The normalized spacial score (nSPS) is 12.4. The summed E-state index contributed by atoms with van der Waals surface area (Å²) in [6, 6.07) is 12.4. The minimum Gasteiger partial charge on any atom is -0.478 e. The van der Waals surface area contributed by atoms with Gasteiger partial charge in [0.15, 0.2) is 12.7 Å². The Morgan fingerprint density at radius 3 is 2.67 bits per heavy atom. The highest BCUT2D eigenvalue weighted by molar-refractivity contribution is 6.57. The van der Waals surface area contributed by atoms with Gasteiger partial charge in [-0.3, -0.25) is 4.79 Å². The van der Waals surface area contributed by atoms with Crippen LogP contribution in [0.4, 0.5) is 0 Å². The largest absolute Gasteiger partial charge is 0.478 e. The third-order valence-electron chi connectivity index (χ3n) is 4.66. The second-order valence-corrected chi connectivity index (χ2v) is 6.81. The first-order valence-electron chi connectivity index (χ1n) is 8.93. The molecule has 27 heavy (non-hydrogen) atoms. The van der Waals surface area contributed by atoms with Gasteiger partial charge in [-0.1, -0.05) is 42.7 Å². The van der Waals surface area contributed by atoms with Crippen LogP contribution in [0.1, 0.15) is 46.9 Å². The lowest BCUT2D eigenvalue weighted by molar-refractivity contribution is 0.0698. The first-order valence-corrected chi connectivity index (χ1v) is 8.93. The summed E-state index contributed by atoms with van der Waals surface area (Å²) in [6.07, 6.45) is 3.58. The van der Waals surface area contributed by atoms with E-state index >= 15 is 0 Å². The van der Waals surface area contributed by atoms with Crippen molar-refractivity contribution in [3.05, 3.63) is 81.2 Å². The lowest BCUT2D eigenvalue weighted by Crippen LogP contribution is -2.26. The van der Waals surface area contributed by atoms with Crippen molar-refractivity contribution in [3.63, 3.8) is 0 Å². The molecular formula is C22H21BO4. The molecule has 0 aliphatic rings. The molecule has 0 fully saturated rings. The van der Waals surface area contributed by atoms with Crippen LogP contribution in [0.3, 0.4) is 0 Å². The molecule has 3 aromatic rings. The SMILES string of the molecule is C/C=C/c1cc(=O)c2cc(C)cc(C(C)Bc3ccccc3C(=O)O)c2o1. The zero-order chi connectivity index (χ0) is 19.6. The van der Waals surface area contributed by atoms with Gasteiger partial charge in [0, 0.05) is 6.07 Å². The Morgan fingerprint density at radius 2 is 1.96 bits per heavy atom. The Bertz CT molecular complexity index is 1100. The Labute approximate surface area is 158 Å². The standard InChI is InChI=1S/C22H21BO4/c1-4-7-15-12-20(24)18-11-13(2)10-17(21(18)27-15)14(3)23-19-9-6-5-8-16(19)22(25)26/h4-12,14,23H,1-3H3,(H,25,26)/b7-4+. The predicted molar refractivity (Wildman–Crippen MR) is 111 cm³/mol. The van der Waals surface area contributed by atoms with Crippen molar-refractivity contribution in [1.29, 1.82) is 0 Å². The highest BCUT2D eigenvalue weighted by atomic mass is 16.4. The number of benzene rings is 2. The second kappa shape index (κ2) is 7.66. The topological polar surface area (TPSA) is 67.5 Å². The number of carbonyl (C=O) groups is 1. The molecule has 5 heteroatoms. The molecule has 0 saturated heterocycles. The second-order valence-electron chi connectivity index (χ2n) is 6.81. The maximum absolute atomic E-state index is 12.5. The number of hydrogen-bond donors (Lipinski definition) is 1. The fourth-order valence-corrected chi connectivity index (χ4v) is 3.41. The zero-order valence-electron chi connectivity index (χ0n) is 15.7. The fraction of sp³-hybridized carbons (Fsp3) is 0.182. The predicted octanol–water partition coefficient (Wildman–Crippen LogP) is 3.66. The molecule has 0 aliphatic carbocycles. The fourth-order valence-electron chi connectivity index (χ4n) is 3.41. The van der Waals surface area contributed by atoms with Gasteiger partial charge < -0.3 is 9.52 Å². The number of carboxylic acid groups (broad SMARTS) is 1. The van der Waals surface area contributed by atoms with E-state index in [1.807, 2.05) is 51.1 Å². The van der Waals surface area contributed by atoms with E-state index in [1.54, 1.807) is 18.2 Å². The van der Waals surface area contributed by atoms with Gasteiger partial charge >= 0.3 is 5.97 Å². The quantitative estimate of drug-likeness (QED) is 0.706. The summed E-state index contributed by atoms with van der Waals surface area (Å²) < 4.78 is 6.00. The van der Waals surface area contributed by atoms with Crippen molar-refractivity contribution < 1.29 is 14.3 Å². The summed E-state index contributed by atoms with van der Waals surface area (Å²) in [5, 5.41) is 9.98. The van der Waals surface area contributed by atoms with Crippen LogP contribution in [0, 0.1) is 6.92 Å². The van der Waals surface area contributed by atoms with Gasteiger partial charge in [-0.05, 0) is 49.0 Å². The van der Waals surface area contributed by atoms with Gasteiger partial charge in [-0.15, -0.1) is 0 Å². The number of fused-ring (bicyclic) bond motifs is 1. The monoisotopic (exact) mass is 360 g/mol. The molecule has 0 amide bonds. The molecule has 1 unspecified atom stereocenters. The van der Waals surface area contributed by atoms with Gasteiger partial charge in [0.1, 0.15) is 11.3 Å². The summed E-state index contributed by atoms with van der Waals surface area (Å²) in [7, 11) is 0.540. The summed E-state index contributed by atoms with van der Waals surface area (Å²) in [4.78, 5) is 24.0. The van der Waals surface area contributed by atoms with E-state index in [1.165, 1.54) is 6.07 Å². The molecule has 0 spiro atoms. The van der Waals surface area contributed by atoms with Gasteiger partial charge in [-0.2, -0.15) is 0 Å². The molecule has 2 aromatic carbocycles.